The second-order valence-electron chi connectivity index (χ2n) is 7.07. The first-order valence-electron chi connectivity index (χ1n) is 9.67. The molecule has 0 spiro atoms. The normalized spacial score (nSPS) is 20.1. The monoisotopic (exact) mass is 387 g/mol. The van der Waals surface area contributed by atoms with Crippen molar-refractivity contribution in [1.82, 2.24) is 10.2 Å². The molecule has 1 amide bonds. The Hall–Kier alpha value is -3.54. The van der Waals surface area contributed by atoms with Gasteiger partial charge >= 0.3 is 0 Å². The maximum absolute atomic E-state index is 13.3. The highest BCUT2D eigenvalue weighted by Crippen LogP contribution is 2.43. The molecule has 0 bridgehead atoms. The van der Waals surface area contributed by atoms with Crippen molar-refractivity contribution in [3.05, 3.63) is 83.6 Å². The van der Waals surface area contributed by atoms with E-state index in [1.165, 1.54) is 0 Å². The molecule has 3 heterocycles. The third-order valence-corrected chi connectivity index (χ3v) is 5.35. The lowest BCUT2D eigenvalue weighted by atomic mass is 9.91. The van der Waals surface area contributed by atoms with Crippen LogP contribution in [0.5, 0.6) is 11.5 Å². The minimum atomic E-state index is -0.283. The van der Waals surface area contributed by atoms with Crippen molar-refractivity contribution < 1.29 is 14.3 Å². The van der Waals surface area contributed by atoms with Crippen LogP contribution in [0.25, 0.3) is 0 Å². The molecular formula is C23H21N3O3. The zero-order chi connectivity index (χ0) is 19.8. The summed E-state index contributed by atoms with van der Waals surface area (Å²) >= 11 is 0. The number of rotatable bonds is 4. The van der Waals surface area contributed by atoms with Crippen LogP contribution in [0.1, 0.15) is 17.2 Å². The predicted octanol–water partition coefficient (Wildman–Crippen LogP) is 2.83. The Morgan fingerprint density at radius 2 is 2.00 bits per heavy atom. The van der Waals surface area contributed by atoms with E-state index in [9.17, 15) is 4.79 Å². The number of amides is 1. The molecule has 0 saturated heterocycles. The Balaban J connectivity index is 1.68. The zero-order valence-corrected chi connectivity index (χ0v) is 15.9. The van der Waals surface area contributed by atoms with Crippen LogP contribution >= 0.6 is 0 Å². The van der Waals surface area contributed by atoms with Gasteiger partial charge in [0.15, 0.2) is 11.5 Å². The Bertz CT molecular complexity index is 1040. The molecule has 0 aliphatic carbocycles. The van der Waals surface area contributed by atoms with E-state index >= 15 is 0 Å². The smallest absolute Gasteiger partial charge is 0.271 e. The molecule has 1 unspecified atom stereocenters. The zero-order valence-electron chi connectivity index (χ0n) is 15.9. The van der Waals surface area contributed by atoms with Gasteiger partial charge in [-0.25, -0.2) is 0 Å². The van der Waals surface area contributed by atoms with E-state index in [-0.39, 0.29) is 18.7 Å². The molecule has 6 heteroatoms. The van der Waals surface area contributed by atoms with Gasteiger partial charge in [-0.3, -0.25) is 9.79 Å². The highest BCUT2D eigenvalue weighted by molar-refractivity contribution is 6.19. The van der Waals surface area contributed by atoms with Crippen LogP contribution in [-0.4, -0.2) is 42.9 Å². The fourth-order valence-electron chi connectivity index (χ4n) is 4.12. The number of aliphatic imine (C=N–C) groups is 1. The maximum Gasteiger partial charge on any atom is 0.271 e. The Morgan fingerprint density at radius 3 is 2.83 bits per heavy atom. The molecular weight excluding hydrogens is 366 g/mol. The number of ether oxygens (including phenoxy) is 2. The lowest BCUT2D eigenvalue weighted by Gasteiger charge is -2.27. The molecule has 0 saturated carbocycles. The molecule has 2 aromatic carbocycles. The summed E-state index contributed by atoms with van der Waals surface area (Å²) in [5.41, 5.74) is 4.34. The first-order chi connectivity index (χ1) is 14.3. The van der Waals surface area contributed by atoms with Crippen molar-refractivity contribution >= 4 is 11.6 Å². The minimum Gasteiger partial charge on any atom is -0.454 e. The molecule has 2 aromatic rings. The van der Waals surface area contributed by atoms with Crippen LogP contribution in [0, 0.1) is 0 Å². The number of carbonyl (C=O) groups is 1. The minimum absolute atomic E-state index is 0.0342. The number of fused-ring (bicyclic) bond motifs is 1. The number of benzene rings is 2. The van der Waals surface area contributed by atoms with E-state index < -0.39 is 0 Å². The third-order valence-electron chi connectivity index (χ3n) is 5.35. The summed E-state index contributed by atoms with van der Waals surface area (Å²) in [6.45, 7) is 5.74. The van der Waals surface area contributed by atoms with E-state index in [0.29, 0.717) is 31.1 Å². The Morgan fingerprint density at radius 1 is 1.17 bits per heavy atom. The summed E-state index contributed by atoms with van der Waals surface area (Å²) in [5.74, 6) is 1.38. The van der Waals surface area contributed by atoms with E-state index in [1.54, 1.807) is 6.08 Å². The molecule has 1 N–H and O–H groups in total. The van der Waals surface area contributed by atoms with E-state index in [1.807, 2.05) is 53.4 Å². The first-order valence-corrected chi connectivity index (χ1v) is 9.67. The van der Waals surface area contributed by atoms with Crippen LogP contribution in [0.15, 0.2) is 77.4 Å². The number of nitrogens with one attached hydrogen (secondary N) is 1. The van der Waals surface area contributed by atoms with Crippen molar-refractivity contribution in [2.45, 2.75) is 6.04 Å². The average Bonchev–Trinajstić information content (AvgIpc) is 3.24. The van der Waals surface area contributed by atoms with Crippen molar-refractivity contribution in [1.29, 1.82) is 0 Å². The van der Waals surface area contributed by atoms with Gasteiger partial charge in [0.25, 0.3) is 5.91 Å². The molecule has 1 atom stereocenters. The van der Waals surface area contributed by atoms with Crippen LogP contribution in [-0.2, 0) is 4.79 Å². The topological polar surface area (TPSA) is 63.2 Å². The van der Waals surface area contributed by atoms with Crippen molar-refractivity contribution in [2.24, 2.45) is 4.99 Å². The van der Waals surface area contributed by atoms with Gasteiger partial charge in [0.05, 0.1) is 18.3 Å². The SMILES string of the molecule is C=CCN1C(=O)C2=C(C(c3ccccc3)=NCCN2)C1c1ccc2c(c1)OCO2. The quantitative estimate of drug-likeness (QED) is 0.820. The fraction of sp³-hybridized carbons (Fsp3) is 0.217. The van der Waals surface area contributed by atoms with Crippen molar-refractivity contribution in [2.75, 3.05) is 26.4 Å². The van der Waals surface area contributed by atoms with E-state index in [4.69, 9.17) is 14.5 Å². The van der Waals surface area contributed by atoms with Crippen LogP contribution in [0.3, 0.4) is 0 Å². The molecule has 0 aromatic heterocycles. The van der Waals surface area contributed by atoms with Gasteiger partial charge in [-0.15, -0.1) is 6.58 Å². The number of nitrogens with zero attached hydrogens (tertiary/aromatic N) is 2. The van der Waals surface area contributed by atoms with Crippen LogP contribution < -0.4 is 14.8 Å². The fourth-order valence-corrected chi connectivity index (χ4v) is 4.12. The van der Waals surface area contributed by atoms with Gasteiger partial charge in [0.2, 0.25) is 6.79 Å². The molecule has 29 heavy (non-hydrogen) atoms. The molecule has 5 rings (SSSR count). The highest BCUT2D eigenvalue weighted by atomic mass is 16.7. The standard InChI is InChI=1S/C23H21N3O3/c1-2-12-26-22(16-8-9-17-18(13-16)29-14-28-17)19-20(15-6-4-3-5-7-15)24-10-11-25-21(19)23(26)27/h2-9,13,22,25H,1,10-12,14H2. The second kappa shape index (κ2) is 7.13. The van der Waals surface area contributed by atoms with Gasteiger partial charge in [0.1, 0.15) is 5.70 Å². The number of hydrogen-bond donors (Lipinski definition) is 1. The van der Waals surface area contributed by atoms with E-state index in [2.05, 4.69) is 11.9 Å². The molecule has 3 aliphatic rings. The van der Waals surface area contributed by atoms with Crippen molar-refractivity contribution in [3.8, 4) is 11.5 Å². The lowest BCUT2D eigenvalue weighted by Crippen LogP contribution is -2.33. The highest BCUT2D eigenvalue weighted by Gasteiger charge is 2.43. The van der Waals surface area contributed by atoms with Gasteiger partial charge in [0, 0.05) is 24.2 Å². The summed E-state index contributed by atoms with van der Waals surface area (Å²) in [7, 11) is 0. The Labute approximate surface area is 169 Å². The molecule has 0 radical (unpaired) electrons. The van der Waals surface area contributed by atoms with Gasteiger partial charge in [-0.05, 0) is 17.7 Å². The Kier molecular flexibility index (Phi) is 4.31. The van der Waals surface area contributed by atoms with Crippen LogP contribution in [0.2, 0.25) is 0 Å². The summed E-state index contributed by atoms with van der Waals surface area (Å²) in [6, 6.07) is 15.6. The van der Waals surface area contributed by atoms with Gasteiger partial charge in [-0.2, -0.15) is 0 Å². The molecule has 3 aliphatic heterocycles. The van der Waals surface area contributed by atoms with Gasteiger partial charge < -0.3 is 19.7 Å². The molecule has 146 valence electrons. The van der Waals surface area contributed by atoms with Gasteiger partial charge in [-0.1, -0.05) is 42.5 Å². The largest absolute Gasteiger partial charge is 0.454 e. The lowest BCUT2D eigenvalue weighted by molar-refractivity contribution is -0.126. The number of carbonyl (C=O) groups excluding carboxylic acids is 1. The van der Waals surface area contributed by atoms with E-state index in [0.717, 1.165) is 28.2 Å². The average molecular weight is 387 g/mol. The van der Waals surface area contributed by atoms with Crippen LogP contribution in [0.4, 0.5) is 0 Å². The third kappa shape index (κ3) is 2.88. The summed E-state index contributed by atoms with van der Waals surface area (Å²) in [4.78, 5) is 20.0. The summed E-state index contributed by atoms with van der Waals surface area (Å²) < 4.78 is 11.0. The molecule has 6 nitrogen and oxygen atoms in total. The maximum atomic E-state index is 13.3. The predicted molar refractivity (Wildman–Crippen MR) is 110 cm³/mol. The summed E-state index contributed by atoms with van der Waals surface area (Å²) in [5, 5.41) is 3.32. The molecule has 0 fully saturated rings. The summed E-state index contributed by atoms with van der Waals surface area (Å²) in [6.07, 6.45) is 1.75. The number of hydrogen-bond acceptors (Lipinski definition) is 5. The first kappa shape index (κ1) is 17.6. The van der Waals surface area contributed by atoms with Crippen molar-refractivity contribution in [3.63, 3.8) is 0 Å². The second-order valence-corrected chi connectivity index (χ2v) is 7.07.